The molecule has 48 valence electrons. The van der Waals surface area contributed by atoms with Crippen molar-refractivity contribution in [1.29, 1.82) is 0 Å². The first-order valence-corrected chi connectivity index (χ1v) is 2.15. The van der Waals surface area contributed by atoms with Gasteiger partial charge in [-0.1, -0.05) is 5.10 Å². The molecule has 0 unspecified atom stereocenters. The molecule has 9 heavy (non-hydrogen) atoms. The summed E-state index contributed by atoms with van der Waals surface area (Å²) in [5, 5.41) is 12.8. The van der Waals surface area contributed by atoms with Gasteiger partial charge in [-0.3, -0.25) is 0 Å². The zero-order chi connectivity index (χ0) is 6.69. The Morgan fingerprint density at radius 3 is 3.00 bits per heavy atom. The summed E-state index contributed by atoms with van der Waals surface area (Å²) in [6.07, 6.45) is 0. The molecule has 1 heterocycles. The van der Waals surface area contributed by atoms with Crippen LogP contribution in [-0.4, -0.2) is 20.2 Å². The van der Waals surface area contributed by atoms with Gasteiger partial charge in [-0.2, -0.15) is 4.80 Å². The van der Waals surface area contributed by atoms with E-state index < -0.39 is 0 Å². The van der Waals surface area contributed by atoms with Crippen molar-refractivity contribution in [3.05, 3.63) is 4.91 Å². The molecule has 0 atom stereocenters. The summed E-state index contributed by atoms with van der Waals surface area (Å²) >= 11 is 0. The first-order valence-electron chi connectivity index (χ1n) is 2.15. The average Bonchev–Trinajstić information content (AvgIpc) is 2.17. The Morgan fingerprint density at radius 1 is 1.78 bits per heavy atom. The Hall–Kier alpha value is -1.53. The quantitative estimate of drug-likeness (QED) is 0.420. The Balaban J connectivity index is 2.72. The molecule has 0 radical (unpaired) electrons. The van der Waals surface area contributed by atoms with E-state index in [0.29, 0.717) is 0 Å². The van der Waals surface area contributed by atoms with Crippen LogP contribution in [0.3, 0.4) is 0 Å². The second kappa shape index (κ2) is 2.16. The van der Waals surface area contributed by atoms with E-state index in [1.54, 1.807) is 7.05 Å². The smallest absolute Gasteiger partial charge is 0.206 e. The van der Waals surface area contributed by atoms with Gasteiger partial charge in [-0.15, -0.1) is 10.0 Å². The van der Waals surface area contributed by atoms with Crippen molar-refractivity contribution in [2.24, 2.45) is 12.3 Å². The second-order valence-electron chi connectivity index (χ2n) is 1.31. The number of hydrogen-bond acceptors (Lipinski definition) is 5. The molecule has 0 fully saturated rings. The fourth-order valence-corrected chi connectivity index (χ4v) is 0.370. The number of nitroso groups, excluding NO2 is 1. The molecule has 0 saturated heterocycles. The van der Waals surface area contributed by atoms with Crippen molar-refractivity contribution in [2.45, 2.75) is 0 Å². The van der Waals surface area contributed by atoms with E-state index in [1.165, 1.54) is 4.80 Å². The average molecular weight is 128 g/mol. The van der Waals surface area contributed by atoms with Gasteiger partial charge in [0.2, 0.25) is 0 Å². The first-order chi connectivity index (χ1) is 4.33. The van der Waals surface area contributed by atoms with Gasteiger partial charge in [0.1, 0.15) is 0 Å². The van der Waals surface area contributed by atoms with Crippen molar-refractivity contribution < 1.29 is 0 Å². The molecule has 0 aliphatic heterocycles. The van der Waals surface area contributed by atoms with Gasteiger partial charge >= 0.3 is 0 Å². The third-order valence-corrected chi connectivity index (χ3v) is 0.654. The van der Waals surface area contributed by atoms with E-state index in [-0.39, 0.29) is 5.95 Å². The van der Waals surface area contributed by atoms with E-state index in [9.17, 15) is 4.91 Å². The minimum Gasteiger partial charge on any atom is -0.206 e. The maximum atomic E-state index is 9.51. The zero-order valence-corrected chi connectivity index (χ0v) is 4.64. The number of nitrogens with zero attached hydrogens (tertiary/aromatic N) is 5. The highest BCUT2D eigenvalue weighted by Gasteiger charge is 1.94. The van der Waals surface area contributed by atoms with E-state index in [2.05, 4.69) is 20.7 Å². The van der Waals surface area contributed by atoms with Crippen molar-refractivity contribution in [2.75, 3.05) is 5.43 Å². The van der Waals surface area contributed by atoms with E-state index in [0.717, 1.165) is 0 Å². The van der Waals surface area contributed by atoms with Crippen LogP contribution in [0.25, 0.3) is 0 Å². The van der Waals surface area contributed by atoms with Crippen LogP contribution in [0, 0.1) is 4.91 Å². The van der Waals surface area contributed by atoms with Crippen LogP contribution in [0.1, 0.15) is 0 Å². The van der Waals surface area contributed by atoms with Crippen LogP contribution in [0.15, 0.2) is 5.29 Å². The molecular weight excluding hydrogens is 124 g/mol. The molecule has 1 rings (SSSR count). The van der Waals surface area contributed by atoms with Gasteiger partial charge in [-0.25, -0.2) is 5.43 Å². The number of nitrogens with one attached hydrogen (secondary N) is 1. The molecule has 0 aliphatic rings. The van der Waals surface area contributed by atoms with Crippen molar-refractivity contribution in [1.82, 2.24) is 20.2 Å². The highest BCUT2D eigenvalue weighted by molar-refractivity contribution is 5.15. The number of hydrogen-bond donors (Lipinski definition) is 1. The van der Waals surface area contributed by atoms with Gasteiger partial charge in [-0.05, 0) is 5.21 Å². The largest absolute Gasteiger partial charge is 0.286 e. The predicted octanol–water partition coefficient (Wildman–Crippen LogP) is -0.697. The maximum absolute atomic E-state index is 9.51. The number of rotatable bonds is 2. The number of aromatic nitrogens is 4. The lowest BCUT2D eigenvalue weighted by atomic mass is 11.1. The molecule has 0 saturated carbocycles. The van der Waals surface area contributed by atoms with Crippen molar-refractivity contribution in [3.63, 3.8) is 0 Å². The summed E-state index contributed by atoms with van der Waals surface area (Å²) in [5.41, 5.74) is 1.99. The lowest BCUT2D eigenvalue weighted by molar-refractivity contribution is 0.630. The first kappa shape index (κ1) is 5.60. The molecule has 0 spiro atoms. The summed E-state index contributed by atoms with van der Waals surface area (Å²) in [7, 11) is 1.59. The Morgan fingerprint density at radius 2 is 2.56 bits per heavy atom. The lowest BCUT2D eigenvalue weighted by Crippen LogP contribution is -1.93. The predicted molar refractivity (Wildman–Crippen MR) is 28.2 cm³/mol. The summed E-state index contributed by atoms with van der Waals surface area (Å²) in [5.74, 6) is 0.104. The van der Waals surface area contributed by atoms with Crippen LogP contribution in [0.5, 0.6) is 0 Å². The fraction of sp³-hybridized carbons (Fsp3) is 0.500. The normalized spacial score (nSPS) is 9.00. The topological polar surface area (TPSA) is 85.1 Å². The zero-order valence-electron chi connectivity index (χ0n) is 4.64. The monoisotopic (exact) mass is 128 g/mol. The van der Waals surface area contributed by atoms with Gasteiger partial charge < -0.3 is 0 Å². The van der Waals surface area contributed by atoms with E-state index >= 15 is 0 Å². The highest BCUT2D eigenvalue weighted by atomic mass is 16.3. The second-order valence-corrected chi connectivity index (χ2v) is 1.31. The van der Waals surface area contributed by atoms with Crippen LogP contribution in [0.2, 0.25) is 0 Å². The number of aryl methyl sites for hydroxylation is 1. The highest BCUT2D eigenvalue weighted by Crippen LogP contribution is 1.88. The number of tetrazole rings is 1. The van der Waals surface area contributed by atoms with Gasteiger partial charge in [0.15, 0.2) is 0 Å². The SMILES string of the molecule is Cn1nnc(NN=O)n1. The molecule has 0 aromatic carbocycles. The van der Waals surface area contributed by atoms with Crippen LogP contribution < -0.4 is 5.43 Å². The molecule has 7 nitrogen and oxygen atoms in total. The van der Waals surface area contributed by atoms with Gasteiger partial charge in [0.05, 0.1) is 12.3 Å². The maximum Gasteiger partial charge on any atom is 0.286 e. The van der Waals surface area contributed by atoms with Crippen LogP contribution in [0.4, 0.5) is 5.95 Å². The summed E-state index contributed by atoms with van der Waals surface area (Å²) in [6, 6.07) is 0. The summed E-state index contributed by atoms with van der Waals surface area (Å²) < 4.78 is 0. The summed E-state index contributed by atoms with van der Waals surface area (Å²) in [6.45, 7) is 0. The minimum absolute atomic E-state index is 0.104. The van der Waals surface area contributed by atoms with Crippen molar-refractivity contribution in [3.8, 4) is 0 Å². The minimum atomic E-state index is 0.104. The lowest BCUT2D eigenvalue weighted by Gasteiger charge is -1.80. The van der Waals surface area contributed by atoms with E-state index in [1.807, 2.05) is 5.43 Å². The molecule has 1 N–H and O–H groups in total. The van der Waals surface area contributed by atoms with Crippen LogP contribution in [-0.2, 0) is 7.05 Å². The number of anilines is 1. The van der Waals surface area contributed by atoms with Gasteiger partial charge in [0, 0.05) is 0 Å². The van der Waals surface area contributed by atoms with Crippen LogP contribution >= 0.6 is 0 Å². The third-order valence-electron chi connectivity index (χ3n) is 0.654. The Kier molecular flexibility index (Phi) is 1.34. The van der Waals surface area contributed by atoms with E-state index in [4.69, 9.17) is 0 Å². The molecular formula is C2H4N6O. The van der Waals surface area contributed by atoms with Gasteiger partial charge in [0.25, 0.3) is 5.95 Å². The molecule has 1 aromatic heterocycles. The Bertz CT molecular complexity index is 205. The molecule has 7 heteroatoms. The Labute approximate surface area is 50.0 Å². The van der Waals surface area contributed by atoms with Crippen molar-refractivity contribution >= 4 is 5.95 Å². The summed E-state index contributed by atoms with van der Waals surface area (Å²) in [4.78, 5) is 10.7. The molecule has 0 aliphatic carbocycles. The molecule has 0 bridgehead atoms. The fourth-order valence-electron chi connectivity index (χ4n) is 0.370. The molecule has 0 amide bonds. The molecule has 1 aromatic rings. The third kappa shape index (κ3) is 1.18. The standard InChI is InChI=1S/C2H4N6O/c1-8-5-2(3-6-8)4-7-9/h1H3,(H,4,5,9).